The second-order valence-electron chi connectivity index (χ2n) is 6.61. The summed E-state index contributed by atoms with van der Waals surface area (Å²) in [6, 6.07) is 9.67. The van der Waals surface area contributed by atoms with Crippen LogP contribution >= 0.6 is 0 Å². The van der Waals surface area contributed by atoms with Crippen molar-refractivity contribution in [1.29, 1.82) is 0 Å². The Morgan fingerprint density at radius 1 is 1.12 bits per heavy atom. The molecule has 2 heterocycles. The molecule has 1 aromatic carbocycles. The summed E-state index contributed by atoms with van der Waals surface area (Å²) in [5.74, 6) is 0.571. The number of nitrogens with zero attached hydrogens (tertiary/aromatic N) is 2. The Morgan fingerprint density at radius 3 is 2.58 bits per heavy atom. The molecule has 5 heteroatoms. The summed E-state index contributed by atoms with van der Waals surface area (Å²) in [5, 5.41) is 3.21. The molecule has 128 valence electrons. The van der Waals surface area contributed by atoms with E-state index in [1.54, 1.807) is 4.57 Å². The molecule has 0 saturated heterocycles. The van der Waals surface area contributed by atoms with Crippen LogP contribution in [0.15, 0.2) is 39.9 Å². The average molecular weight is 327 g/mol. The predicted octanol–water partition coefficient (Wildman–Crippen LogP) is 3.45. The lowest BCUT2D eigenvalue weighted by molar-refractivity contribution is 0.538. The van der Waals surface area contributed by atoms with Crippen molar-refractivity contribution in [2.24, 2.45) is 0 Å². The van der Waals surface area contributed by atoms with Crippen LogP contribution < -0.4 is 16.6 Å². The standard InChI is InChI=1S/C19H25N3O2/c1-3-4-5-6-7-15-8-10-16(11-9-15)20-17-12-18(23)22-14(2)13-21(17)19(22)24/h8-12,14,20H,3-7,13H2,1-2H3. The molecule has 0 radical (unpaired) electrons. The second kappa shape index (κ2) is 7.07. The highest BCUT2D eigenvalue weighted by molar-refractivity contribution is 5.56. The summed E-state index contributed by atoms with van der Waals surface area (Å²) in [6.07, 6.45) is 6.13. The number of fused-ring (bicyclic) bond motifs is 2. The van der Waals surface area contributed by atoms with Crippen molar-refractivity contribution in [3.8, 4) is 0 Å². The van der Waals surface area contributed by atoms with Crippen molar-refractivity contribution >= 4 is 11.5 Å². The molecule has 1 N–H and O–H groups in total. The molecule has 1 atom stereocenters. The second-order valence-corrected chi connectivity index (χ2v) is 6.61. The highest BCUT2D eigenvalue weighted by Gasteiger charge is 2.23. The summed E-state index contributed by atoms with van der Waals surface area (Å²) in [4.78, 5) is 24.2. The number of anilines is 2. The van der Waals surface area contributed by atoms with Gasteiger partial charge in [-0.3, -0.25) is 13.9 Å². The van der Waals surface area contributed by atoms with Crippen LogP contribution in [-0.4, -0.2) is 9.13 Å². The molecule has 2 bridgehead atoms. The molecular formula is C19H25N3O2. The first-order valence-electron chi connectivity index (χ1n) is 8.82. The number of hydrogen-bond donors (Lipinski definition) is 1. The van der Waals surface area contributed by atoms with Gasteiger partial charge in [0.1, 0.15) is 5.82 Å². The molecule has 0 saturated carbocycles. The molecule has 2 aromatic rings. The molecule has 1 unspecified atom stereocenters. The van der Waals surface area contributed by atoms with E-state index in [-0.39, 0.29) is 17.3 Å². The first-order chi connectivity index (χ1) is 11.6. The van der Waals surface area contributed by atoms with Gasteiger partial charge in [-0.05, 0) is 37.5 Å². The third kappa shape index (κ3) is 3.30. The minimum atomic E-state index is -0.240. The summed E-state index contributed by atoms with van der Waals surface area (Å²) in [7, 11) is 0. The maximum absolute atomic E-state index is 12.2. The zero-order valence-corrected chi connectivity index (χ0v) is 14.4. The number of nitrogens with one attached hydrogen (secondary N) is 1. The fourth-order valence-corrected chi connectivity index (χ4v) is 3.28. The molecule has 0 aliphatic carbocycles. The summed E-state index contributed by atoms with van der Waals surface area (Å²) < 4.78 is 2.94. The normalized spacial score (nSPS) is 15.7. The Bertz CT molecular complexity index is 818. The lowest BCUT2D eigenvalue weighted by Crippen LogP contribution is -2.33. The fraction of sp³-hybridized carbons (Fsp3) is 0.474. The van der Waals surface area contributed by atoms with Gasteiger partial charge >= 0.3 is 5.69 Å². The van der Waals surface area contributed by atoms with E-state index in [2.05, 4.69) is 24.4 Å². The minimum absolute atomic E-state index is 0.0777. The van der Waals surface area contributed by atoms with E-state index in [0.29, 0.717) is 12.4 Å². The largest absolute Gasteiger partial charge is 0.341 e. The molecule has 1 aliphatic heterocycles. The van der Waals surface area contributed by atoms with Gasteiger partial charge in [0.05, 0.1) is 6.04 Å². The van der Waals surface area contributed by atoms with E-state index in [0.717, 1.165) is 12.1 Å². The summed E-state index contributed by atoms with van der Waals surface area (Å²) >= 11 is 0. The van der Waals surface area contributed by atoms with Crippen LogP contribution in [0.25, 0.3) is 0 Å². The van der Waals surface area contributed by atoms with E-state index >= 15 is 0 Å². The lowest BCUT2D eigenvalue weighted by Gasteiger charge is -2.10. The SMILES string of the molecule is CCCCCCc1ccc(Nc2cc(=O)n3c(=O)n2CC3C)cc1. The monoisotopic (exact) mass is 327 g/mol. The minimum Gasteiger partial charge on any atom is -0.341 e. The average Bonchev–Trinajstić information content (AvgIpc) is 2.79. The van der Waals surface area contributed by atoms with Gasteiger partial charge in [0, 0.05) is 18.3 Å². The molecule has 0 fully saturated rings. The summed E-state index contributed by atoms with van der Waals surface area (Å²) in [5.41, 5.74) is 1.75. The van der Waals surface area contributed by atoms with E-state index < -0.39 is 0 Å². The number of rotatable bonds is 7. The maximum Gasteiger partial charge on any atom is 0.332 e. The molecule has 3 rings (SSSR count). The van der Waals surface area contributed by atoms with Crippen LogP contribution in [0.2, 0.25) is 0 Å². The van der Waals surface area contributed by atoms with Gasteiger partial charge in [-0.1, -0.05) is 38.3 Å². The van der Waals surface area contributed by atoms with Crippen molar-refractivity contribution < 1.29 is 0 Å². The maximum atomic E-state index is 12.2. The van der Waals surface area contributed by atoms with Gasteiger partial charge in [0.15, 0.2) is 0 Å². The molecule has 0 amide bonds. The number of unbranched alkanes of at least 4 members (excludes halogenated alkanes) is 3. The lowest BCUT2D eigenvalue weighted by atomic mass is 10.1. The summed E-state index contributed by atoms with van der Waals surface area (Å²) in [6.45, 7) is 4.65. The third-order valence-electron chi connectivity index (χ3n) is 4.66. The highest BCUT2D eigenvalue weighted by Crippen LogP contribution is 2.20. The highest BCUT2D eigenvalue weighted by atomic mass is 16.2. The number of benzene rings is 1. The Morgan fingerprint density at radius 2 is 1.88 bits per heavy atom. The van der Waals surface area contributed by atoms with Crippen LogP contribution in [-0.2, 0) is 13.0 Å². The van der Waals surface area contributed by atoms with Crippen LogP contribution in [0, 0.1) is 0 Å². The quantitative estimate of drug-likeness (QED) is 0.793. The Hall–Kier alpha value is -2.30. The number of aromatic nitrogens is 2. The fourth-order valence-electron chi connectivity index (χ4n) is 3.28. The molecule has 5 nitrogen and oxygen atoms in total. The van der Waals surface area contributed by atoms with Crippen molar-refractivity contribution in [3.63, 3.8) is 0 Å². The van der Waals surface area contributed by atoms with Crippen LogP contribution in [0.4, 0.5) is 11.5 Å². The predicted molar refractivity (Wildman–Crippen MR) is 97.2 cm³/mol. The molecule has 0 spiro atoms. The topological polar surface area (TPSA) is 56.0 Å². The Kier molecular flexibility index (Phi) is 4.88. The first kappa shape index (κ1) is 16.6. The smallest absolute Gasteiger partial charge is 0.332 e. The van der Waals surface area contributed by atoms with Gasteiger partial charge in [-0.25, -0.2) is 4.79 Å². The van der Waals surface area contributed by atoms with E-state index in [9.17, 15) is 9.59 Å². The van der Waals surface area contributed by atoms with Crippen LogP contribution in [0.5, 0.6) is 0 Å². The van der Waals surface area contributed by atoms with Crippen LogP contribution in [0.1, 0.15) is 51.1 Å². The van der Waals surface area contributed by atoms with Crippen molar-refractivity contribution in [2.45, 2.75) is 58.5 Å². The van der Waals surface area contributed by atoms with Crippen LogP contribution in [0.3, 0.4) is 0 Å². The molecule has 24 heavy (non-hydrogen) atoms. The van der Waals surface area contributed by atoms with Crippen molar-refractivity contribution in [3.05, 3.63) is 56.7 Å². The third-order valence-corrected chi connectivity index (χ3v) is 4.66. The zero-order valence-electron chi connectivity index (χ0n) is 14.4. The first-order valence-corrected chi connectivity index (χ1v) is 8.82. The van der Waals surface area contributed by atoms with Crippen molar-refractivity contribution in [2.75, 3.05) is 5.32 Å². The molecular weight excluding hydrogens is 302 g/mol. The van der Waals surface area contributed by atoms with Gasteiger partial charge < -0.3 is 5.32 Å². The Labute approximate surface area is 141 Å². The Balaban J connectivity index is 1.70. The van der Waals surface area contributed by atoms with Gasteiger partial charge in [-0.2, -0.15) is 0 Å². The van der Waals surface area contributed by atoms with Gasteiger partial charge in [0.2, 0.25) is 0 Å². The zero-order chi connectivity index (χ0) is 17.1. The number of aryl methyl sites for hydroxylation is 1. The number of hydrogen-bond acceptors (Lipinski definition) is 3. The van der Waals surface area contributed by atoms with E-state index in [4.69, 9.17) is 0 Å². The van der Waals surface area contributed by atoms with Crippen molar-refractivity contribution in [1.82, 2.24) is 9.13 Å². The van der Waals surface area contributed by atoms with Gasteiger partial charge in [-0.15, -0.1) is 0 Å². The van der Waals surface area contributed by atoms with E-state index in [1.165, 1.54) is 41.9 Å². The van der Waals surface area contributed by atoms with E-state index in [1.807, 2.05) is 19.1 Å². The van der Waals surface area contributed by atoms with Gasteiger partial charge in [0.25, 0.3) is 5.56 Å². The molecule has 1 aliphatic rings. The molecule has 1 aromatic heterocycles.